The largest absolute Gasteiger partial charge is 0.394 e. The molecule has 0 fully saturated rings. The normalized spacial score (nSPS) is 12.5. The minimum Gasteiger partial charge on any atom is -0.394 e. The van der Waals surface area contributed by atoms with Crippen LogP contribution in [0.5, 0.6) is 0 Å². The molecule has 0 unspecified atom stereocenters. The number of nitrogens with one attached hydrogen (secondary N) is 1. The lowest BCUT2D eigenvalue weighted by Crippen LogP contribution is -2.40. The standard InChI is InChI=1S/C12H15N3O3S/c1-2-8(6-16)14-10(17)5-15-7-13-11-9(12(15)18)3-4-19-11/h3-4,7-8,16H,2,5-6H2,1H3,(H,14,17)/t8-/m1/s1. The summed E-state index contributed by atoms with van der Waals surface area (Å²) in [6.07, 6.45) is 2.01. The van der Waals surface area contributed by atoms with Crippen molar-refractivity contribution in [1.29, 1.82) is 0 Å². The van der Waals surface area contributed by atoms with Crippen molar-refractivity contribution >= 4 is 27.5 Å². The molecule has 0 saturated heterocycles. The van der Waals surface area contributed by atoms with Crippen molar-refractivity contribution in [2.45, 2.75) is 25.9 Å². The molecule has 0 spiro atoms. The van der Waals surface area contributed by atoms with Crippen molar-refractivity contribution in [2.75, 3.05) is 6.61 Å². The van der Waals surface area contributed by atoms with Crippen LogP contribution in [0.1, 0.15) is 13.3 Å². The lowest BCUT2D eigenvalue weighted by Gasteiger charge is -2.14. The second kappa shape index (κ2) is 5.94. The van der Waals surface area contributed by atoms with E-state index < -0.39 is 0 Å². The zero-order chi connectivity index (χ0) is 13.8. The van der Waals surface area contributed by atoms with Crippen LogP contribution in [-0.4, -0.2) is 33.2 Å². The summed E-state index contributed by atoms with van der Waals surface area (Å²) in [7, 11) is 0. The van der Waals surface area contributed by atoms with Crippen LogP contribution in [0, 0.1) is 0 Å². The van der Waals surface area contributed by atoms with Gasteiger partial charge in [-0.15, -0.1) is 11.3 Å². The maximum atomic E-state index is 12.1. The molecular weight excluding hydrogens is 266 g/mol. The van der Waals surface area contributed by atoms with Crippen molar-refractivity contribution in [2.24, 2.45) is 0 Å². The van der Waals surface area contributed by atoms with Crippen LogP contribution >= 0.6 is 11.3 Å². The summed E-state index contributed by atoms with van der Waals surface area (Å²) in [5.41, 5.74) is -0.224. The topological polar surface area (TPSA) is 84.2 Å². The van der Waals surface area contributed by atoms with E-state index in [4.69, 9.17) is 5.11 Å². The van der Waals surface area contributed by atoms with Gasteiger partial charge in [0, 0.05) is 0 Å². The Hall–Kier alpha value is -1.73. The number of rotatable bonds is 5. The molecule has 1 amide bonds. The van der Waals surface area contributed by atoms with Crippen LogP contribution in [-0.2, 0) is 11.3 Å². The quantitative estimate of drug-likeness (QED) is 0.828. The fraction of sp³-hybridized carbons (Fsp3) is 0.417. The van der Waals surface area contributed by atoms with Crippen LogP contribution in [0.25, 0.3) is 10.2 Å². The summed E-state index contributed by atoms with van der Waals surface area (Å²) in [5, 5.41) is 14.0. The third kappa shape index (κ3) is 2.99. The lowest BCUT2D eigenvalue weighted by molar-refractivity contribution is -0.122. The Morgan fingerprint density at radius 3 is 3.11 bits per heavy atom. The predicted octanol–water partition coefficient (Wildman–Crippen LogP) is 0.345. The first-order valence-corrected chi connectivity index (χ1v) is 6.86. The van der Waals surface area contributed by atoms with Crippen LogP contribution in [0.2, 0.25) is 0 Å². The second-order valence-electron chi connectivity index (χ2n) is 4.17. The molecule has 0 aliphatic rings. The maximum absolute atomic E-state index is 12.1. The number of carbonyl (C=O) groups excluding carboxylic acids is 1. The molecule has 0 saturated carbocycles. The number of aliphatic hydroxyl groups is 1. The smallest absolute Gasteiger partial charge is 0.262 e. The van der Waals surface area contributed by atoms with Crippen LogP contribution in [0.3, 0.4) is 0 Å². The molecule has 2 aromatic heterocycles. The zero-order valence-corrected chi connectivity index (χ0v) is 11.3. The van der Waals surface area contributed by atoms with Gasteiger partial charge in [0.25, 0.3) is 5.56 Å². The fourth-order valence-electron chi connectivity index (χ4n) is 1.71. The Kier molecular flexibility index (Phi) is 4.28. The van der Waals surface area contributed by atoms with Crippen LogP contribution < -0.4 is 10.9 Å². The Morgan fingerprint density at radius 1 is 1.63 bits per heavy atom. The molecule has 0 bridgehead atoms. The number of hydrogen-bond acceptors (Lipinski definition) is 5. The molecule has 2 heterocycles. The fourth-order valence-corrected chi connectivity index (χ4v) is 2.43. The minimum atomic E-state index is -0.306. The van der Waals surface area contributed by atoms with Gasteiger partial charge < -0.3 is 10.4 Å². The molecule has 1 atom stereocenters. The first-order chi connectivity index (χ1) is 9.15. The highest BCUT2D eigenvalue weighted by Gasteiger charge is 2.12. The molecule has 6 nitrogen and oxygen atoms in total. The van der Waals surface area contributed by atoms with E-state index in [0.29, 0.717) is 16.6 Å². The maximum Gasteiger partial charge on any atom is 0.262 e. The highest BCUT2D eigenvalue weighted by Crippen LogP contribution is 2.13. The van der Waals surface area contributed by atoms with Gasteiger partial charge in [0.15, 0.2) is 0 Å². The van der Waals surface area contributed by atoms with Crippen molar-refractivity contribution in [3.63, 3.8) is 0 Å². The van der Waals surface area contributed by atoms with E-state index in [1.54, 1.807) is 11.4 Å². The molecule has 0 radical (unpaired) electrons. The zero-order valence-electron chi connectivity index (χ0n) is 10.5. The molecule has 0 aliphatic carbocycles. The van der Waals surface area contributed by atoms with Gasteiger partial charge in [-0.2, -0.15) is 0 Å². The molecule has 0 aliphatic heterocycles. The van der Waals surface area contributed by atoms with Crippen molar-refractivity contribution < 1.29 is 9.90 Å². The molecule has 2 aromatic rings. The van der Waals surface area contributed by atoms with Crippen LogP contribution in [0.4, 0.5) is 0 Å². The van der Waals surface area contributed by atoms with Gasteiger partial charge in [0.2, 0.25) is 5.91 Å². The number of fused-ring (bicyclic) bond motifs is 1. The van der Waals surface area contributed by atoms with E-state index in [-0.39, 0.29) is 30.7 Å². The molecule has 7 heteroatoms. The average molecular weight is 281 g/mol. The Balaban J connectivity index is 2.15. The summed E-state index contributed by atoms with van der Waals surface area (Å²) in [5.74, 6) is -0.306. The summed E-state index contributed by atoms with van der Waals surface area (Å²) >= 11 is 1.39. The number of aliphatic hydroxyl groups excluding tert-OH is 1. The minimum absolute atomic E-state index is 0.0892. The Morgan fingerprint density at radius 2 is 2.42 bits per heavy atom. The van der Waals surface area contributed by atoms with Gasteiger partial charge in [-0.1, -0.05) is 6.92 Å². The molecule has 0 aromatic carbocycles. The summed E-state index contributed by atoms with van der Waals surface area (Å²) in [6.45, 7) is 1.67. The van der Waals surface area contributed by atoms with E-state index in [2.05, 4.69) is 10.3 Å². The van der Waals surface area contributed by atoms with Crippen molar-refractivity contribution in [3.8, 4) is 0 Å². The molecular formula is C12H15N3O3S. The highest BCUT2D eigenvalue weighted by molar-refractivity contribution is 7.16. The Bertz CT molecular complexity index is 630. The Labute approximate surface area is 113 Å². The van der Waals surface area contributed by atoms with Gasteiger partial charge in [-0.05, 0) is 17.9 Å². The third-order valence-corrected chi connectivity index (χ3v) is 3.66. The number of aromatic nitrogens is 2. The monoisotopic (exact) mass is 281 g/mol. The number of amides is 1. The predicted molar refractivity (Wildman–Crippen MR) is 73.2 cm³/mol. The molecule has 2 rings (SSSR count). The number of carbonyl (C=O) groups is 1. The van der Waals surface area contributed by atoms with Crippen molar-refractivity contribution in [3.05, 3.63) is 28.1 Å². The lowest BCUT2D eigenvalue weighted by atomic mass is 10.2. The van der Waals surface area contributed by atoms with Gasteiger partial charge in [0.1, 0.15) is 11.4 Å². The van der Waals surface area contributed by atoms with Gasteiger partial charge in [0.05, 0.1) is 24.4 Å². The summed E-state index contributed by atoms with van der Waals surface area (Å²) in [6, 6.07) is 1.42. The third-order valence-electron chi connectivity index (χ3n) is 2.84. The van der Waals surface area contributed by atoms with E-state index in [1.165, 1.54) is 22.2 Å². The van der Waals surface area contributed by atoms with E-state index in [0.717, 1.165) is 0 Å². The summed E-state index contributed by atoms with van der Waals surface area (Å²) < 4.78 is 1.27. The number of hydrogen-bond donors (Lipinski definition) is 2. The van der Waals surface area contributed by atoms with Gasteiger partial charge in [-0.25, -0.2) is 4.98 Å². The average Bonchev–Trinajstić information content (AvgIpc) is 2.88. The number of nitrogens with zero attached hydrogens (tertiary/aromatic N) is 2. The van der Waals surface area contributed by atoms with Gasteiger partial charge in [-0.3, -0.25) is 14.2 Å². The molecule has 19 heavy (non-hydrogen) atoms. The highest BCUT2D eigenvalue weighted by atomic mass is 32.1. The summed E-state index contributed by atoms with van der Waals surface area (Å²) in [4.78, 5) is 28.6. The molecule has 2 N–H and O–H groups in total. The first-order valence-electron chi connectivity index (χ1n) is 5.98. The van der Waals surface area contributed by atoms with E-state index >= 15 is 0 Å². The molecule has 102 valence electrons. The van der Waals surface area contributed by atoms with Crippen molar-refractivity contribution in [1.82, 2.24) is 14.9 Å². The second-order valence-corrected chi connectivity index (χ2v) is 5.07. The van der Waals surface area contributed by atoms with Gasteiger partial charge >= 0.3 is 0 Å². The first kappa shape index (κ1) is 13.7. The van der Waals surface area contributed by atoms with Crippen LogP contribution in [0.15, 0.2) is 22.6 Å². The number of thiophene rings is 1. The SMILES string of the molecule is CC[C@H](CO)NC(=O)Cn1cnc2sccc2c1=O. The van der Waals surface area contributed by atoms with E-state index in [1.807, 2.05) is 6.92 Å². The van der Waals surface area contributed by atoms with E-state index in [9.17, 15) is 9.59 Å².